The van der Waals surface area contributed by atoms with Gasteiger partial charge in [0.05, 0.1) is 6.26 Å². The van der Waals surface area contributed by atoms with Crippen molar-refractivity contribution in [3.63, 3.8) is 0 Å². The Hall–Kier alpha value is -2.13. The highest BCUT2D eigenvalue weighted by molar-refractivity contribution is 7.88. The van der Waals surface area contributed by atoms with Crippen LogP contribution in [0.5, 0.6) is 0 Å². The third kappa shape index (κ3) is 4.24. The van der Waals surface area contributed by atoms with Crippen LogP contribution in [0, 0.1) is 5.92 Å². The topological polar surface area (TPSA) is 93.4 Å². The summed E-state index contributed by atoms with van der Waals surface area (Å²) in [6.07, 6.45) is 5.89. The number of pyridine rings is 1. The van der Waals surface area contributed by atoms with Crippen LogP contribution >= 0.6 is 0 Å². The molecule has 2 aromatic heterocycles. The van der Waals surface area contributed by atoms with E-state index in [1.807, 2.05) is 29.8 Å². The molecular weight excluding hydrogens is 368 g/mol. The van der Waals surface area contributed by atoms with Crippen LogP contribution in [0.25, 0.3) is 10.9 Å². The second kappa shape index (κ2) is 7.85. The minimum absolute atomic E-state index is 0.0601. The molecule has 1 N–H and O–H groups in total. The fraction of sp³-hybridized carbons (Fsp3) is 0.556. The smallest absolute Gasteiger partial charge is 0.275 e. The summed E-state index contributed by atoms with van der Waals surface area (Å²) in [6.45, 7) is 4.24. The van der Waals surface area contributed by atoms with E-state index >= 15 is 0 Å². The van der Waals surface area contributed by atoms with Gasteiger partial charge in [-0.3, -0.25) is 9.59 Å². The van der Waals surface area contributed by atoms with Crippen molar-refractivity contribution in [2.75, 3.05) is 25.9 Å². The zero-order valence-electron chi connectivity index (χ0n) is 15.7. The van der Waals surface area contributed by atoms with E-state index in [1.54, 1.807) is 10.8 Å². The number of piperidine rings is 1. The second-order valence-corrected chi connectivity index (χ2v) is 8.93. The van der Waals surface area contributed by atoms with E-state index in [-0.39, 0.29) is 17.4 Å². The molecule has 27 heavy (non-hydrogen) atoms. The summed E-state index contributed by atoms with van der Waals surface area (Å²) in [5, 5.41) is 3.80. The summed E-state index contributed by atoms with van der Waals surface area (Å²) in [5.41, 5.74) is 0.620. The molecule has 0 spiro atoms. The molecule has 3 heterocycles. The van der Waals surface area contributed by atoms with Gasteiger partial charge in [-0.2, -0.15) is 0 Å². The fourth-order valence-electron chi connectivity index (χ4n) is 3.58. The van der Waals surface area contributed by atoms with Gasteiger partial charge in [-0.15, -0.1) is 0 Å². The molecule has 0 saturated carbocycles. The molecule has 1 fully saturated rings. The largest absolute Gasteiger partial charge is 0.354 e. The minimum atomic E-state index is -3.19. The Morgan fingerprint density at radius 3 is 2.41 bits per heavy atom. The number of nitrogens with one attached hydrogen (secondary N) is 1. The molecule has 1 aliphatic rings. The number of fused-ring (bicyclic) bond motifs is 1. The fourth-order valence-corrected chi connectivity index (χ4v) is 4.45. The van der Waals surface area contributed by atoms with Crippen LogP contribution in [0.3, 0.4) is 0 Å². The summed E-state index contributed by atoms with van der Waals surface area (Å²) >= 11 is 0. The highest BCUT2D eigenvalue weighted by Gasteiger charge is 2.28. The molecule has 148 valence electrons. The van der Waals surface area contributed by atoms with Crippen LogP contribution in [0.2, 0.25) is 0 Å². The van der Waals surface area contributed by atoms with Crippen molar-refractivity contribution in [3.05, 3.63) is 34.9 Å². The van der Waals surface area contributed by atoms with E-state index < -0.39 is 10.0 Å². The molecule has 1 aliphatic heterocycles. The number of aryl methyl sites for hydroxylation is 1. The standard InChI is InChI=1S/C18H26N4O4S/c1-3-20-9-4-14-5-10-21(18(24)16(14)20)13-8-19-17(23)15-6-11-22(12-7-15)27(2,25)26/h4-5,9-10,15H,3,6-8,11-13H2,1-2H3,(H,19,23). The van der Waals surface area contributed by atoms with Crippen LogP contribution in [-0.4, -0.2) is 53.7 Å². The summed E-state index contributed by atoms with van der Waals surface area (Å²) in [5.74, 6) is -0.256. The first-order valence-corrected chi connectivity index (χ1v) is 11.1. The van der Waals surface area contributed by atoms with Gasteiger partial charge in [0.25, 0.3) is 5.56 Å². The van der Waals surface area contributed by atoms with Gasteiger partial charge in [-0.1, -0.05) is 0 Å². The van der Waals surface area contributed by atoms with Crippen molar-refractivity contribution in [1.29, 1.82) is 0 Å². The lowest BCUT2D eigenvalue weighted by Gasteiger charge is -2.29. The summed E-state index contributed by atoms with van der Waals surface area (Å²) in [4.78, 5) is 25.0. The molecule has 1 saturated heterocycles. The van der Waals surface area contributed by atoms with Gasteiger partial charge in [0.1, 0.15) is 5.52 Å². The maximum atomic E-state index is 12.6. The van der Waals surface area contributed by atoms with Crippen LogP contribution in [0.15, 0.2) is 29.3 Å². The molecule has 0 radical (unpaired) electrons. The first-order chi connectivity index (χ1) is 12.8. The molecular formula is C18H26N4O4S. The first kappa shape index (κ1) is 19.6. The Bertz CT molecular complexity index is 984. The monoisotopic (exact) mass is 394 g/mol. The first-order valence-electron chi connectivity index (χ1n) is 9.22. The zero-order chi connectivity index (χ0) is 19.6. The Kier molecular flexibility index (Phi) is 5.71. The number of sulfonamides is 1. The van der Waals surface area contributed by atoms with E-state index in [1.165, 1.54) is 10.6 Å². The average Bonchev–Trinajstić information content (AvgIpc) is 3.07. The van der Waals surface area contributed by atoms with Crippen LogP contribution in [0.4, 0.5) is 0 Å². The number of aromatic nitrogens is 2. The lowest BCUT2D eigenvalue weighted by atomic mass is 9.97. The summed E-state index contributed by atoms with van der Waals surface area (Å²) < 4.78 is 28.0. The molecule has 0 aromatic carbocycles. The van der Waals surface area contributed by atoms with Crippen molar-refractivity contribution in [2.24, 2.45) is 5.92 Å². The predicted octanol–water partition coefficient (Wildman–Crippen LogP) is 0.611. The lowest BCUT2D eigenvalue weighted by Crippen LogP contribution is -2.43. The molecule has 0 unspecified atom stereocenters. The van der Waals surface area contributed by atoms with Gasteiger partial charge in [0, 0.05) is 56.4 Å². The minimum Gasteiger partial charge on any atom is -0.354 e. The van der Waals surface area contributed by atoms with Crippen LogP contribution in [0.1, 0.15) is 19.8 Å². The van der Waals surface area contributed by atoms with Crippen molar-refractivity contribution in [1.82, 2.24) is 18.8 Å². The van der Waals surface area contributed by atoms with Gasteiger partial charge in [0.15, 0.2) is 0 Å². The van der Waals surface area contributed by atoms with E-state index in [0.717, 1.165) is 11.9 Å². The second-order valence-electron chi connectivity index (χ2n) is 6.95. The molecule has 2 aromatic rings. The molecule has 1 amide bonds. The van der Waals surface area contributed by atoms with Gasteiger partial charge < -0.3 is 14.5 Å². The normalized spacial score (nSPS) is 16.7. The Morgan fingerprint density at radius 1 is 1.19 bits per heavy atom. The van der Waals surface area contributed by atoms with Crippen molar-refractivity contribution >= 4 is 26.8 Å². The third-order valence-corrected chi connectivity index (χ3v) is 6.48. The van der Waals surface area contributed by atoms with Gasteiger partial charge in [-0.25, -0.2) is 12.7 Å². The summed E-state index contributed by atoms with van der Waals surface area (Å²) in [6, 6.07) is 3.83. The number of carbonyl (C=O) groups is 1. The Labute approximate surface area is 158 Å². The van der Waals surface area contributed by atoms with E-state index in [0.29, 0.717) is 44.5 Å². The maximum absolute atomic E-state index is 12.6. The highest BCUT2D eigenvalue weighted by Crippen LogP contribution is 2.19. The van der Waals surface area contributed by atoms with E-state index in [4.69, 9.17) is 0 Å². The average molecular weight is 394 g/mol. The molecule has 8 nitrogen and oxygen atoms in total. The van der Waals surface area contributed by atoms with Gasteiger partial charge >= 0.3 is 0 Å². The molecule has 3 rings (SSSR count). The van der Waals surface area contributed by atoms with Crippen LogP contribution < -0.4 is 10.9 Å². The lowest BCUT2D eigenvalue weighted by molar-refractivity contribution is -0.126. The van der Waals surface area contributed by atoms with E-state index in [2.05, 4.69) is 5.32 Å². The van der Waals surface area contributed by atoms with Gasteiger partial charge in [0.2, 0.25) is 15.9 Å². The quantitative estimate of drug-likeness (QED) is 0.777. The van der Waals surface area contributed by atoms with E-state index in [9.17, 15) is 18.0 Å². The van der Waals surface area contributed by atoms with Gasteiger partial charge in [-0.05, 0) is 31.9 Å². The number of hydrogen-bond donors (Lipinski definition) is 1. The van der Waals surface area contributed by atoms with Crippen molar-refractivity contribution in [3.8, 4) is 0 Å². The number of carbonyl (C=O) groups excluding carboxylic acids is 1. The number of hydrogen-bond acceptors (Lipinski definition) is 4. The number of amides is 1. The molecule has 9 heteroatoms. The van der Waals surface area contributed by atoms with Crippen molar-refractivity contribution in [2.45, 2.75) is 32.9 Å². The Morgan fingerprint density at radius 2 is 1.81 bits per heavy atom. The molecule has 0 aliphatic carbocycles. The molecule has 0 atom stereocenters. The number of nitrogens with zero attached hydrogens (tertiary/aromatic N) is 3. The maximum Gasteiger partial charge on any atom is 0.275 e. The Balaban J connectivity index is 1.56. The zero-order valence-corrected chi connectivity index (χ0v) is 16.5. The summed E-state index contributed by atoms with van der Waals surface area (Å²) in [7, 11) is -3.19. The number of rotatable bonds is 6. The third-order valence-electron chi connectivity index (χ3n) is 5.18. The molecule has 0 bridgehead atoms. The van der Waals surface area contributed by atoms with Crippen molar-refractivity contribution < 1.29 is 13.2 Å². The highest BCUT2D eigenvalue weighted by atomic mass is 32.2. The van der Waals surface area contributed by atoms with Crippen LogP contribution in [-0.2, 0) is 27.9 Å². The predicted molar refractivity (Wildman–Crippen MR) is 104 cm³/mol. The SMILES string of the molecule is CCn1ccc2ccn(CCNC(=O)C3CCN(S(C)(=O)=O)CC3)c(=O)c21.